The first kappa shape index (κ1) is 19.6. The van der Waals surface area contributed by atoms with E-state index >= 15 is 0 Å². The molecule has 0 amide bonds. The van der Waals surface area contributed by atoms with E-state index in [1.807, 2.05) is 24.3 Å². The summed E-state index contributed by atoms with van der Waals surface area (Å²) in [5.41, 5.74) is 1.38. The average Bonchev–Trinajstić information content (AvgIpc) is 2.72. The van der Waals surface area contributed by atoms with Gasteiger partial charge in [-0.15, -0.1) is 0 Å². The fourth-order valence-corrected chi connectivity index (χ4v) is 4.95. The van der Waals surface area contributed by atoms with Crippen LogP contribution in [0.2, 0.25) is 0 Å². The van der Waals surface area contributed by atoms with Gasteiger partial charge in [0, 0.05) is 6.04 Å². The molecule has 1 fully saturated rings. The predicted molar refractivity (Wildman–Crippen MR) is 116 cm³/mol. The molecule has 152 valence electrons. The zero-order valence-electron chi connectivity index (χ0n) is 16.7. The Bertz CT molecular complexity index is 1100. The van der Waals surface area contributed by atoms with Crippen molar-refractivity contribution in [2.24, 2.45) is 11.8 Å². The van der Waals surface area contributed by atoms with Gasteiger partial charge in [-0.2, -0.15) is 0 Å². The Morgan fingerprint density at radius 1 is 0.862 bits per heavy atom. The molecule has 4 rings (SSSR count). The van der Waals surface area contributed by atoms with E-state index in [-0.39, 0.29) is 16.8 Å². The molecule has 7 heteroatoms. The number of benzene rings is 2. The Balaban J connectivity index is 1.72. The van der Waals surface area contributed by atoms with E-state index in [1.165, 1.54) is 6.42 Å². The van der Waals surface area contributed by atoms with Crippen LogP contribution in [0.5, 0.6) is 0 Å². The van der Waals surface area contributed by atoms with Crippen LogP contribution in [0.25, 0.3) is 11.0 Å². The molecule has 0 saturated heterocycles. The number of aromatic nitrogens is 2. The Kier molecular flexibility index (Phi) is 5.41. The summed E-state index contributed by atoms with van der Waals surface area (Å²) in [6.45, 7) is 4.51. The van der Waals surface area contributed by atoms with Gasteiger partial charge in [-0.05, 0) is 42.5 Å². The number of rotatable bonds is 5. The van der Waals surface area contributed by atoms with Gasteiger partial charge < -0.3 is 5.32 Å². The van der Waals surface area contributed by atoms with Gasteiger partial charge in [0.15, 0.2) is 11.6 Å². The number of hydrogen-bond donors (Lipinski definition) is 2. The first-order valence-corrected chi connectivity index (χ1v) is 11.5. The van der Waals surface area contributed by atoms with Crippen molar-refractivity contribution in [3.8, 4) is 0 Å². The summed E-state index contributed by atoms with van der Waals surface area (Å²) in [6, 6.07) is 16.0. The normalized spacial score (nSPS) is 22.3. The van der Waals surface area contributed by atoms with Gasteiger partial charge in [0.25, 0.3) is 10.0 Å². The lowest BCUT2D eigenvalue weighted by atomic mass is 9.78. The highest BCUT2D eigenvalue weighted by Gasteiger charge is 2.28. The third-order valence-corrected chi connectivity index (χ3v) is 7.24. The van der Waals surface area contributed by atoms with Crippen LogP contribution in [0.4, 0.5) is 11.6 Å². The topological polar surface area (TPSA) is 84.0 Å². The van der Waals surface area contributed by atoms with E-state index < -0.39 is 10.0 Å². The van der Waals surface area contributed by atoms with Gasteiger partial charge >= 0.3 is 0 Å². The Morgan fingerprint density at radius 3 is 2.17 bits per heavy atom. The van der Waals surface area contributed by atoms with Crippen LogP contribution in [-0.4, -0.2) is 24.4 Å². The minimum atomic E-state index is -3.76. The van der Waals surface area contributed by atoms with Crippen LogP contribution >= 0.6 is 0 Å². The van der Waals surface area contributed by atoms with Crippen LogP contribution in [0, 0.1) is 11.8 Å². The number of anilines is 2. The first-order chi connectivity index (χ1) is 13.9. The van der Waals surface area contributed by atoms with Gasteiger partial charge in [0.05, 0.1) is 15.9 Å². The van der Waals surface area contributed by atoms with E-state index in [0.29, 0.717) is 23.2 Å². The Labute approximate surface area is 171 Å². The zero-order valence-corrected chi connectivity index (χ0v) is 17.5. The lowest BCUT2D eigenvalue weighted by molar-refractivity contribution is 0.253. The van der Waals surface area contributed by atoms with Crippen molar-refractivity contribution in [3.63, 3.8) is 0 Å². The monoisotopic (exact) mass is 410 g/mol. The van der Waals surface area contributed by atoms with Gasteiger partial charge in [-0.1, -0.05) is 57.0 Å². The van der Waals surface area contributed by atoms with Crippen molar-refractivity contribution in [3.05, 3.63) is 54.6 Å². The summed E-state index contributed by atoms with van der Waals surface area (Å²) in [5.74, 6) is 1.79. The molecule has 0 radical (unpaired) electrons. The summed E-state index contributed by atoms with van der Waals surface area (Å²) in [5, 5.41) is 3.50. The van der Waals surface area contributed by atoms with Crippen molar-refractivity contribution in [1.29, 1.82) is 0 Å². The van der Waals surface area contributed by atoms with E-state index in [4.69, 9.17) is 4.98 Å². The maximum absolute atomic E-state index is 12.9. The van der Waals surface area contributed by atoms with Crippen molar-refractivity contribution in [2.45, 2.75) is 44.0 Å². The molecule has 3 aromatic rings. The molecule has 1 heterocycles. The largest absolute Gasteiger partial charge is 0.364 e. The van der Waals surface area contributed by atoms with Crippen molar-refractivity contribution < 1.29 is 8.42 Å². The molecule has 0 spiro atoms. The molecule has 6 nitrogen and oxygen atoms in total. The summed E-state index contributed by atoms with van der Waals surface area (Å²) in [7, 11) is -3.76. The van der Waals surface area contributed by atoms with Crippen LogP contribution in [0.15, 0.2) is 59.5 Å². The third-order valence-electron chi connectivity index (χ3n) is 5.88. The third kappa shape index (κ3) is 4.19. The molecule has 1 aliphatic rings. The molecule has 1 aromatic heterocycles. The summed E-state index contributed by atoms with van der Waals surface area (Å²) in [6.07, 6.45) is 3.40. The second kappa shape index (κ2) is 7.99. The van der Waals surface area contributed by atoms with Gasteiger partial charge in [0.2, 0.25) is 0 Å². The van der Waals surface area contributed by atoms with E-state index in [9.17, 15) is 8.42 Å². The number of nitrogens with zero attached hydrogens (tertiary/aromatic N) is 2. The van der Waals surface area contributed by atoms with Crippen LogP contribution < -0.4 is 10.0 Å². The summed E-state index contributed by atoms with van der Waals surface area (Å²) in [4.78, 5) is 9.48. The number of para-hydroxylation sites is 2. The molecular formula is C22H26N4O2S. The van der Waals surface area contributed by atoms with E-state index in [2.05, 4.69) is 28.9 Å². The van der Waals surface area contributed by atoms with Crippen LogP contribution in [0.1, 0.15) is 33.1 Å². The Hall–Kier alpha value is -2.67. The quantitative estimate of drug-likeness (QED) is 0.639. The van der Waals surface area contributed by atoms with E-state index in [1.54, 1.807) is 30.3 Å². The fraction of sp³-hybridized carbons (Fsp3) is 0.364. The van der Waals surface area contributed by atoms with Crippen molar-refractivity contribution in [1.82, 2.24) is 9.97 Å². The number of hydrogen-bond acceptors (Lipinski definition) is 5. The van der Waals surface area contributed by atoms with Crippen LogP contribution in [0.3, 0.4) is 0 Å². The average molecular weight is 411 g/mol. The number of nitrogens with one attached hydrogen (secondary N) is 2. The summed E-state index contributed by atoms with van der Waals surface area (Å²) < 4.78 is 28.4. The highest BCUT2D eigenvalue weighted by molar-refractivity contribution is 7.92. The first-order valence-electron chi connectivity index (χ1n) is 10.1. The predicted octanol–water partition coefficient (Wildman–Crippen LogP) is 4.67. The second-order valence-corrected chi connectivity index (χ2v) is 9.53. The number of sulfonamides is 1. The lowest BCUT2D eigenvalue weighted by Crippen LogP contribution is -2.35. The maximum Gasteiger partial charge on any atom is 0.263 e. The van der Waals surface area contributed by atoms with Crippen LogP contribution in [-0.2, 0) is 10.0 Å². The SMILES string of the molecule is CC1CCCC(Nc2nc3ccccc3nc2NS(=O)(=O)c2ccccc2)C1C. The van der Waals surface area contributed by atoms with E-state index in [0.717, 1.165) is 18.4 Å². The minimum absolute atomic E-state index is 0.195. The molecule has 1 saturated carbocycles. The molecule has 3 unspecified atom stereocenters. The molecule has 0 aliphatic heterocycles. The molecule has 29 heavy (non-hydrogen) atoms. The minimum Gasteiger partial charge on any atom is -0.364 e. The molecule has 2 aromatic carbocycles. The van der Waals surface area contributed by atoms with Gasteiger partial charge in [-0.3, -0.25) is 4.72 Å². The zero-order chi connectivity index (χ0) is 20.4. The Morgan fingerprint density at radius 2 is 1.48 bits per heavy atom. The summed E-state index contributed by atoms with van der Waals surface area (Å²) >= 11 is 0. The molecular weight excluding hydrogens is 384 g/mol. The standard InChI is InChI=1S/C22H26N4O2S/c1-15-9-8-14-18(16(15)2)23-21-22(25-20-13-7-6-12-19(20)24-21)26-29(27,28)17-10-4-3-5-11-17/h3-7,10-13,15-16,18H,8-9,14H2,1-2H3,(H,23,24)(H,25,26). The van der Waals surface area contributed by atoms with Gasteiger partial charge in [0.1, 0.15) is 0 Å². The molecule has 2 N–H and O–H groups in total. The van der Waals surface area contributed by atoms with Crippen molar-refractivity contribution in [2.75, 3.05) is 10.0 Å². The second-order valence-electron chi connectivity index (χ2n) is 7.85. The highest BCUT2D eigenvalue weighted by Crippen LogP contribution is 2.33. The molecule has 3 atom stereocenters. The fourth-order valence-electron chi connectivity index (χ4n) is 3.92. The van der Waals surface area contributed by atoms with Crippen molar-refractivity contribution >= 4 is 32.7 Å². The maximum atomic E-state index is 12.9. The molecule has 0 bridgehead atoms. The highest BCUT2D eigenvalue weighted by atomic mass is 32.2. The smallest absolute Gasteiger partial charge is 0.263 e. The van der Waals surface area contributed by atoms with Gasteiger partial charge in [-0.25, -0.2) is 18.4 Å². The lowest BCUT2D eigenvalue weighted by Gasteiger charge is -2.35. The number of fused-ring (bicyclic) bond motifs is 1. The molecule has 1 aliphatic carbocycles.